The number of hydrogen-bond donors (Lipinski definition) is 1. The lowest BCUT2D eigenvalue weighted by atomic mass is 9.98. The molecule has 0 amide bonds. The number of nitrogens with one attached hydrogen (secondary N) is 1. The van der Waals surface area contributed by atoms with Gasteiger partial charge in [0.05, 0.1) is 21.3 Å². The second-order valence-corrected chi connectivity index (χ2v) is 10.1. The van der Waals surface area contributed by atoms with Crippen molar-refractivity contribution in [2.45, 2.75) is 57.4 Å². The molecule has 1 N–H and O–H groups in total. The van der Waals surface area contributed by atoms with Gasteiger partial charge in [0.2, 0.25) is 5.95 Å². The Hall–Kier alpha value is -2.31. The molecule has 5 rings (SSSR count). The lowest BCUT2D eigenvalue weighted by molar-refractivity contribution is 0.255. The highest BCUT2D eigenvalue weighted by Crippen LogP contribution is 2.41. The number of rotatable bonds is 5. The van der Waals surface area contributed by atoms with Crippen molar-refractivity contribution in [3.8, 4) is 21.8 Å². The summed E-state index contributed by atoms with van der Waals surface area (Å²) < 4.78 is 0. The molecule has 1 aliphatic heterocycles. The fourth-order valence-corrected chi connectivity index (χ4v) is 5.96. The number of aromatic nitrogens is 3. The van der Waals surface area contributed by atoms with Crippen molar-refractivity contribution in [1.82, 2.24) is 19.9 Å². The summed E-state index contributed by atoms with van der Waals surface area (Å²) in [6.45, 7) is 4.42. The van der Waals surface area contributed by atoms with Crippen molar-refractivity contribution in [2.24, 2.45) is 0 Å². The molecule has 1 aromatic carbocycles. The van der Waals surface area contributed by atoms with Gasteiger partial charge in [0.15, 0.2) is 0 Å². The molecule has 31 heavy (non-hydrogen) atoms. The summed E-state index contributed by atoms with van der Waals surface area (Å²) in [5.74, 6) is 1.28. The Balaban J connectivity index is 1.52. The summed E-state index contributed by atoms with van der Waals surface area (Å²) in [6, 6.07) is 11.2. The van der Waals surface area contributed by atoms with E-state index in [2.05, 4.69) is 53.4 Å². The molecule has 0 radical (unpaired) electrons. The van der Waals surface area contributed by atoms with E-state index in [4.69, 9.17) is 9.97 Å². The second-order valence-electron chi connectivity index (χ2n) is 9.07. The van der Waals surface area contributed by atoms with Crippen LogP contribution in [0.2, 0.25) is 0 Å². The van der Waals surface area contributed by atoms with Gasteiger partial charge < -0.3 is 10.2 Å². The molecule has 1 aliphatic carbocycles. The molecule has 162 valence electrons. The van der Waals surface area contributed by atoms with E-state index in [1.54, 1.807) is 0 Å². The average molecular weight is 434 g/mol. The Labute approximate surface area is 189 Å². The third-order valence-corrected chi connectivity index (χ3v) is 7.82. The number of nitrogens with zero attached hydrogens (tertiary/aromatic N) is 4. The maximum atomic E-state index is 5.20. The van der Waals surface area contributed by atoms with E-state index in [1.807, 2.05) is 23.6 Å². The van der Waals surface area contributed by atoms with Crippen molar-refractivity contribution in [3.63, 3.8) is 0 Å². The minimum Gasteiger partial charge on any atom is -0.351 e. The van der Waals surface area contributed by atoms with Gasteiger partial charge in [0.25, 0.3) is 0 Å². The van der Waals surface area contributed by atoms with Crippen LogP contribution in [0.5, 0.6) is 0 Å². The fourth-order valence-electron chi connectivity index (χ4n) is 4.74. The quantitative estimate of drug-likeness (QED) is 0.556. The third kappa shape index (κ3) is 4.65. The number of likely N-dealkylation sites (tertiary alicyclic amines) is 1. The summed E-state index contributed by atoms with van der Waals surface area (Å²) in [4.78, 5) is 18.2. The highest BCUT2D eigenvalue weighted by molar-refractivity contribution is 7.15. The second kappa shape index (κ2) is 9.05. The number of piperidine rings is 1. The highest BCUT2D eigenvalue weighted by Gasteiger charge is 2.25. The van der Waals surface area contributed by atoms with E-state index in [9.17, 15) is 0 Å². The summed E-state index contributed by atoms with van der Waals surface area (Å²) >= 11 is 1.82. The summed E-state index contributed by atoms with van der Waals surface area (Å²) in [6.07, 6.45) is 9.25. The molecule has 0 atom stereocenters. The first-order valence-corrected chi connectivity index (χ1v) is 12.3. The Kier molecular flexibility index (Phi) is 6.01. The van der Waals surface area contributed by atoms with Gasteiger partial charge in [0.1, 0.15) is 0 Å². The first-order valence-electron chi connectivity index (χ1n) is 11.5. The summed E-state index contributed by atoms with van der Waals surface area (Å²) in [5, 5.41) is 4.80. The van der Waals surface area contributed by atoms with Crippen LogP contribution in [-0.2, 0) is 0 Å². The van der Waals surface area contributed by atoms with Crippen LogP contribution in [-0.4, -0.2) is 46.0 Å². The van der Waals surface area contributed by atoms with Crippen molar-refractivity contribution < 1.29 is 0 Å². The fraction of sp³-hybridized carbons (Fsp3) is 0.480. The smallest absolute Gasteiger partial charge is 0.223 e. The van der Waals surface area contributed by atoms with Crippen molar-refractivity contribution >= 4 is 17.3 Å². The van der Waals surface area contributed by atoms with Crippen LogP contribution in [0.4, 0.5) is 5.95 Å². The molecule has 1 saturated heterocycles. The normalized spacial score (nSPS) is 18.5. The van der Waals surface area contributed by atoms with E-state index < -0.39 is 0 Å². The van der Waals surface area contributed by atoms with Gasteiger partial charge >= 0.3 is 0 Å². The maximum absolute atomic E-state index is 5.20. The molecule has 2 aliphatic rings. The minimum absolute atomic E-state index is 0.503. The molecule has 2 aromatic heterocycles. The van der Waals surface area contributed by atoms with Gasteiger partial charge in [-0.05, 0) is 64.9 Å². The lowest BCUT2D eigenvalue weighted by Crippen LogP contribution is -2.29. The van der Waals surface area contributed by atoms with Crippen LogP contribution in [0.25, 0.3) is 21.8 Å². The molecule has 3 aromatic rings. The summed E-state index contributed by atoms with van der Waals surface area (Å²) in [7, 11) is 2.21. The van der Waals surface area contributed by atoms with Crippen LogP contribution < -0.4 is 5.32 Å². The van der Waals surface area contributed by atoms with E-state index in [0.29, 0.717) is 12.0 Å². The average Bonchev–Trinajstić information content (AvgIpc) is 3.45. The Morgan fingerprint density at radius 3 is 2.61 bits per heavy atom. The van der Waals surface area contributed by atoms with Crippen LogP contribution >= 0.6 is 11.3 Å². The van der Waals surface area contributed by atoms with E-state index in [-0.39, 0.29) is 0 Å². The molecule has 0 spiro atoms. The van der Waals surface area contributed by atoms with Gasteiger partial charge in [-0.15, -0.1) is 11.3 Å². The Morgan fingerprint density at radius 1 is 1.03 bits per heavy atom. The topological polar surface area (TPSA) is 53.9 Å². The molecule has 1 saturated carbocycles. The molecule has 2 fully saturated rings. The van der Waals surface area contributed by atoms with Gasteiger partial charge in [0, 0.05) is 23.7 Å². The van der Waals surface area contributed by atoms with Crippen LogP contribution in [0.3, 0.4) is 0 Å². The van der Waals surface area contributed by atoms with E-state index >= 15 is 0 Å². The molecule has 3 heterocycles. The van der Waals surface area contributed by atoms with Crippen LogP contribution in [0.15, 0.2) is 36.5 Å². The number of anilines is 1. The SMILES string of the molecule is Cc1cccc(-c2nc(C3CCN(C)CC3)sc2-c2ccnc(NC3CCCC3)n2)c1. The Bertz CT molecular complexity index is 1030. The predicted octanol–water partition coefficient (Wildman–Crippen LogP) is 5.74. The van der Waals surface area contributed by atoms with Crippen LogP contribution in [0, 0.1) is 6.92 Å². The van der Waals surface area contributed by atoms with Crippen LogP contribution in [0.1, 0.15) is 55.0 Å². The van der Waals surface area contributed by atoms with Gasteiger partial charge in [-0.2, -0.15) is 0 Å². The number of hydrogen-bond acceptors (Lipinski definition) is 6. The molecule has 6 heteroatoms. The maximum Gasteiger partial charge on any atom is 0.223 e. The molecule has 0 unspecified atom stereocenters. The number of aryl methyl sites for hydroxylation is 1. The lowest BCUT2D eigenvalue weighted by Gasteiger charge is -2.27. The summed E-state index contributed by atoms with van der Waals surface area (Å²) in [5.41, 5.74) is 4.47. The monoisotopic (exact) mass is 433 g/mol. The van der Waals surface area contributed by atoms with Crippen molar-refractivity contribution in [3.05, 3.63) is 47.1 Å². The van der Waals surface area contributed by atoms with Crippen molar-refractivity contribution in [2.75, 3.05) is 25.5 Å². The van der Waals surface area contributed by atoms with Crippen molar-refractivity contribution in [1.29, 1.82) is 0 Å². The van der Waals surface area contributed by atoms with Gasteiger partial charge in [-0.25, -0.2) is 15.0 Å². The zero-order valence-corrected chi connectivity index (χ0v) is 19.3. The highest BCUT2D eigenvalue weighted by atomic mass is 32.1. The van der Waals surface area contributed by atoms with Gasteiger partial charge in [-0.1, -0.05) is 36.6 Å². The first-order chi connectivity index (χ1) is 15.2. The molecule has 5 nitrogen and oxygen atoms in total. The van der Waals surface area contributed by atoms with Gasteiger partial charge in [-0.3, -0.25) is 0 Å². The Morgan fingerprint density at radius 2 is 1.84 bits per heavy atom. The zero-order chi connectivity index (χ0) is 21.2. The first kappa shape index (κ1) is 20.6. The van der Waals surface area contributed by atoms with E-state index in [1.165, 1.54) is 54.7 Å². The van der Waals surface area contributed by atoms with E-state index in [0.717, 1.165) is 35.3 Å². The third-order valence-electron chi connectivity index (χ3n) is 6.58. The minimum atomic E-state index is 0.503. The standard InChI is InChI=1S/C25H31N5S/c1-17-6-5-7-19(16-17)22-23(31-24(29-22)18-11-14-30(2)15-12-18)21-10-13-26-25(28-21)27-20-8-3-4-9-20/h5-7,10,13,16,18,20H,3-4,8-9,11-12,14-15H2,1-2H3,(H,26,27,28). The zero-order valence-electron chi connectivity index (χ0n) is 18.5. The number of thiazole rings is 1. The predicted molar refractivity (Wildman–Crippen MR) is 129 cm³/mol. The molecular formula is C25H31N5S. The number of benzene rings is 1. The molecular weight excluding hydrogens is 402 g/mol. The largest absolute Gasteiger partial charge is 0.351 e. The molecule has 0 bridgehead atoms.